The van der Waals surface area contributed by atoms with Crippen LogP contribution in [0.5, 0.6) is 5.75 Å². The third-order valence-electron chi connectivity index (χ3n) is 4.83. The number of anilines is 1. The quantitative estimate of drug-likeness (QED) is 0.224. The van der Waals surface area contributed by atoms with Crippen molar-refractivity contribution in [2.45, 2.75) is 50.6 Å². The van der Waals surface area contributed by atoms with Crippen LogP contribution in [-0.4, -0.2) is 57.1 Å². The fraction of sp³-hybridized carbons (Fsp3) is 0.571. The second-order valence-corrected chi connectivity index (χ2v) is 7.22. The summed E-state index contributed by atoms with van der Waals surface area (Å²) in [7, 11) is 2.95. The first-order valence-electron chi connectivity index (χ1n) is 10.5. The Labute approximate surface area is 183 Å². The lowest BCUT2D eigenvalue weighted by Crippen LogP contribution is -2.45. The SMILES string of the molecule is CNC(=O)[C@H](CCCCN)NC(=O)c1cc(NC(=O)[C@@H](N)CCCCN)ccc1OC. The number of carbonyl (C=O) groups excluding carboxylic acids is 3. The van der Waals surface area contributed by atoms with E-state index < -0.39 is 18.0 Å². The Morgan fingerprint density at radius 2 is 1.65 bits per heavy atom. The minimum Gasteiger partial charge on any atom is -0.496 e. The molecule has 2 atom stereocenters. The third-order valence-corrected chi connectivity index (χ3v) is 4.83. The fourth-order valence-corrected chi connectivity index (χ4v) is 3.01. The lowest BCUT2D eigenvalue weighted by Gasteiger charge is -2.19. The van der Waals surface area contributed by atoms with Gasteiger partial charge in [0.15, 0.2) is 0 Å². The molecule has 0 bridgehead atoms. The molecule has 174 valence electrons. The summed E-state index contributed by atoms with van der Waals surface area (Å²) >= 11 is 0. The number of methoxy groups -OCH3 is 1. The second kappa shape index (κ2) is 14.3. The minimum atomic E-state index is -0.706. The summed E-state index contributed by atoms with van der Waals surface area (Å²) in [4.78, 5) is 37.4. The number of rotatable bonds is 14. The van der Waals surface area contributed by atoms with Crippen molar-refractivity contribution in [3.05, 3.63) is 23.8 Å². The van der Waals surface area contributed by atoms with Crippen LogP contribution in [0.15, 0.2) is 18.2 Å². The van der Waals surface area contributed by atoms with Crippen molar-refractivity contribution in [3.63, 3.8) is 0 Å². The van der Waals surface area contributed by atoms with Gasteiger partial charge in [-0.1, -0.05) is 6.42 Å². The highest BCUT2D eigenvalue weighted by atomic mass is 16.5. The van der Waals surface area contributed by atoms with Crippen LogP contribution in [0.1, 0.15) is 48.9 Å². The maximum Gasteiger partial charge on any atom is 0.255 e. The molecule has 1 aromatic rings. The molecule has 0 aliphatic rings. The Balaban J connectivity index is 2.92. The summed E-state index contributed by atoms with van der Waals surface area (Å²) < 4.78 is 5.28. The molecule has 0 radical (unpaired) electrons. The summed E-state index contributed by atoms with van der Waals surface area (Å²) in [6.45, 7) is 1.06. The predicted octanol–water partition coefficient (Wildman–Crippen LogP) is 0.0634. The van der Waals surface area contributed by atoms with Crippen molar-refractivity contribution in [1.82, 2.24) is 10.6 Å². The van der Waals surface area contributed by atoms with E-state index in [-0.39, 0.29) is 17.4 Å². The van der Waals surface area contributed by atoms with Gasteiger partial charge in [-0.3, -0.25) is 14.4 Å². The average Bonchev–Trinajstić information content (AvgIpc) is 2.77. The molecule has 31 heavy (non-hydrogen) atoms. The van der Waals surface area contributed by atoms with E-state index in [1.807, 2.05) is 0 Å². The summed E-state index contributed by atoms with van der Waals surface area (Å²) in [6, 6.07) is 3.32. The highest BCUT2D eigenvalue weighted by molar-refractivity contribution is 6.02. The van der Waals surface area contributed by atoms with Gasteiger partial charge in [-0.15, -0.1) is 0 Å². The largest absolute Gasteiger partial charge is 0.496 e. The monoisotopic (exact) mass is 436 g/mol. The van der Waals surface area contributed by atoms with E-state index in [4.69, 9.17) is 21.9 Å². The lowest BCUT2D eigenvalue weighted by molar-refractivity contribution is -0.122. The van der Waals surface area contributed by atoms with Crippen LogP contribution in [0.4, 0.5) is 5.69 Å². The zero-order valence-corrected chi connectivity index (χ0v) is 18.4. The van der Waals surface area contributed by atoms with Crippen LogP contribution in [0.25, 0.3) is 0 Å². The summed E-state index contributed by atoms with van der Waals surface area (Å²) in [5, 5.41) is 8.01. The first kappa shape index (κ1) is 26.3. The molecule has 0 heterocycles. The number of hydrogen-bond acceptors (Lipinski definition) is 7. The van der Waals surface area contributed by atoms with Crippen molar-refractivity contribution in [2.24, 2.45) is 17.2 Å². The van der Waals surface area contributed by atoms with Crippen molar-refractivity contribution in [2.75, 3.05) is 32.6 Å². The maximum atomic E-state index is 12.9. The Morgan fingerprint density at radius 3 is 2.23 bits per heavy atom. The first-order valence-corrected chi connectivity index (χ1v) is 10.5. The fourth-order valence-electron chi connectivity index (χ4n) is 3.01. The molecule has 9 N–H and O–H groups in total. The molecule has 0 spiro atoms. The molecule has 3 amide bonds. The first-order chi connectivity index (χ1) is 14.9. The molecule has 10 heteroatoms. The number of hydrogen-bond donors (Lipinski definition) is 6. The van der Waals surface area contributed by atoms with Gasteiger partial charge in [0.05, 0.1) is 18.7 Å². The third kappa shape index (κ3) is 8.91. The second-order valence-electron chi connectivity index (χ2n) is 7.22. The number of ether oxygens (including phenoxy) is 1. The van der Waals surface area contributed by atoms with E-state index in [1.165, 1.54) is 20.2 Å². The number of benzene rings is 1. The van der Waals surface area contributed by atoms with Crippen molar-refractivity contribution >= 4 is 23.4 Å². The van der Waals surface area contributed by atoms with E-state index in [9.17, 15) is 14.4 Å². The van der Waals surface area contributed by atoms with Gasteiger partial charge < -0.3 is 37.9 Å². The van der Waals surface area contributed by atoms with Gasteiger partial charge in [-0.2, -0.15) is 0 Å². The van der Waals surface area contributed by atoms with Gasteiger partial charge in [-0.05, 0) is 63.4 Å². The van der Waals surface area contributed by atoms with E-state index in [0.717, 1.165) is 19.3 Å². The molecule has 0 unspecified atom stereocenters. The Morgan fingerprint density at radius 1 is 1.00 bits per heavy atom. The van der Waals surface area contributed by atoms with Gasteiger partial charge in [0, 0.05) is 12.7 Å². The Hall–Kier alpha value is -2.69. The number of nitrogens with one attached hydrogen (secondary N) is 3. The normalized spacial score (nSPS) is 12.5. The average molecular weight is 437 g/mol. The topological polar surface area (TPSA) is 175 Å². The molecule has 0 saturated carbocycles. The smallest absolute Gasteiger partial charge is 0.255 e. The van der Waals surface area contributed by atoms with Gasteiger partial charge in [-0.25, -0.2) is 0 Å². The van der Waals surface area contributed by atoms with Crippen LogP contribution in [0, 0.1) is 0 Å². The molecule has 0 aromatic heterocycles. The zero-order chi connectivity index (χ0) is 23.2. The van der Waals surface area contributed by atoms with Crippen LogP contribution in [0.2, 0.25) is 0 Å². The molecule has 0 fully saturated rings. The maximum absolute atomic E-state index is 12.9. The summed E-state index contributed by atoms with van der Waals surface area (Å²) in [5.74, 6) is -0.808. The Bertz CT molecular complexity index is 728. The number of amides is 3. The molecular formula is C21H36N6O4. The minimum absolute atomic E-state index is 0.199. The molecule has 1 rings (SSSR count). The van der Waals surface area contributed by atoms with Crippen LogP contribution in [0.3, 0.4) is 0 Å². The van der Waals surface area contributed by atoms with Crippen molar-refractivity contribution in [3.8, 4) is 5.75 Å². The standard InChI is InChI=1S/C21H36N6O4/c1-25-21(30)17(8-4-6-12-23)27-19(28)15-13-14(9-10-18(15)31-2)26-20(29)16(24)7-3-5-11-22/h9-10,13,16-17H,3-8,11-12,22-24H2,1-2H3,(H,25,30)(H,26,29)(H,27,28)/t16-,17-/m0/s1. The highest BCUT2D eigenvalue weighted by Gasteiger charge is 2.23. The molecule has 0 aliphatic heterocycles. The summed E-state index contributed by atoms with van der Waals surface area (Å²) in [6.07, 6.45) is 3.98. The number of carbonyl (C=O) groups is 3. The molecule has 0 aliphatic carbocycles. The lowest BCUT2D eigenvalue weighted by atomic mass is 10.1. The van der Waals surface area contributed by atoms with Gasteiger partial charge in [0.25, 0.3) is 5.91 Å². The van der Waals surface area contributed by atoms with Crippen LogP contribution in [-0.2, 0) is 9.59 Å². The summed E-state index contributed by atoms with van der Waals surface area (Å²) in [5.41, 5.74) is 17.5. The molecule has 1 aromatic carbocycles. The highest BCUT2D eigenvalue weighted by Crippen LogP contribution is 2.23. The number of unbranched alkanes of at least 4 members (excludes halogenated alkanes) is 2. The van der Waals surface area contributed by atoms with Crippen molar-refractivity contribution in [1.29, 1.82) is 0 Å². The van der Waals surface area contributed by atoms with Gasteiger partial charge in [0.2, 0.25) is 11.8 Å². The van der Waals surface area contributed by atoms with Gasteiger partial charge >= 0.3 is 0 Å². The van der Waals surface area contributed by atoms with Crippen LogP contribution < -0.4 is 37.9 Å². The van der Waals surface area contributed by atoms with Crippen molar-refractivity contribution < 1.29 is 19.1 Å². The number of nitrogens with two attached hydrogens (primary N) is 3. The zero-order valence-electron chi connectivity index (χ0n) is 18.4. The van der Waals surface area contributed by atoms with Crippen LogP contribution >= 0.6 is 0 Å². The van der Waals surface area contributed by atoms with E-state index in [0.29, 0.717) is 43.8 Å². The van der Waals surface area contributed by atoms with E-state index >= 15 is 0 Å². The number of likely N-dealkylation sites (N-methyl/N-ethyl adjacent to an activating group) is 1. The molecule has 10 nitrogen and oxygen atoms in total. The Kier molecular flexibility index (Phi) is 12.2. The van der Waals surface area contributed by atoms with E-state index in [2.05, 4.69) is 16.0 Å². The van der Waals surface area contributed by atoms with E-state index in [1.54, 1.807) is 12.1 Å². The molecular weight excluding hydrogens is 400 g/mol. The molecule has 0 saturated heterocycles. The van der Waals surface area contributed by atoms with Gasteiger partial charge in [0.1, 0.15) is 11.8 Å². The predicted molar refractivity (Wildman–Crippen MR) is 121 cm³/mol.